The molecule has 0 atom stereocenters. The van der Waals surface area contributed by atoms with Crippen LogP contribution in [0.5, 0.6) is 0 Å². The Bertz CT molecular complexity index is 1400. The van der Waals surface area contributed by atoms with Crippen LogP contribution < -0.4 is 15.5 Å². The molecule has 40 heavy (non-hydrogen) atoms. The normalized spacial score (nSPS) is 17.3. The summed E-state index contributed by atoms with van der Waals surface area (Å²) >= 11 is 0. The van der Waals surface area contributed by atoms with E-state index in [4.69, 9.17) is 0 Å². The Morgan fingerprint density at radius 3 is 2.35 bits per heavy atom. The maximum absolute atomic E-state index is 13.5. The van der Waals surface area contributed by atoms with Gasteiger partial charge in [0.05, 0.1) is 29.8 Å². The number of hydrogen-bond acceptors (Lipinski definition) is 6. The van der Waals surface area contributed by atoms with Crippen molar-refractivity contribution in [2.45, 2.75) is 50.5 Å². The summed E-state index contributed by atoms with van der Waals surface area (Å²) in [6.07, 6.45) is 5.93. The lowest BCUT2D eigenvalue weighted by atomic mass is 9.90. The lowest BCUT2D eigenvalue weighted by Crippen LogP contribution is -2.49. The molecule has 1 saturated carbocycles. The predicted octanol–water partition coefficient (Wildman–Crippen LogP) is 5.43. The Morgan fingerprint density at radius 1 is 0.975 bits per heavy atom. The monoisotopic (exact) mass is 550 g/mol. The van der Waals surface area contributed by atoms with Crippen molar-refractivity contribution in [3.63, 3.8) is 0 Å². The highest BCUT2D eigenvalue weighted by molar-refractivity contribution is 5.91. The minimum absolute atomic E-state index is 0.0220. The maximum Gasteiger partial charge on any atom is 0.417 e. The van der Waals surface area contributed by atoms with Gasteiger partial charge in [0.15, 0.2) is 5.82 Å². The van der Waals surface area contributed by atoms with Crippen molar-refractivity contribution >= 4 is 17.7 Å². The SMILES string of the molecule is Cn1cc(-c2cnc(N(C(=O)NCc3ccccc3)[C@H]3CC[C@H](Nc4ccc(C(F)(F)F)cn4)CC3)cn2)cn1. The quantitative estimate of drug-likeness (QED) is 0.318. The molecule has 0 unspecified atom stereocenters. The van der Waals surface area contributed by atoms with Crippen LogP contribution in [0.25, 0.3) is 11.3 Å². The standard InChI is InChI=1S/C28H29F3N8O/c1-38-18-20(14-36-38)24-16-34-26(17-32-24)39(27(40)35-13-19-5-3-2-4-6-19)23-10-8-22(9-11-23)37-25-12-7-21(15-33-25)28(29,30)31/h2-7,12,14-18,22-23H,8-11,13H2,1H3,(H,33,37)(H,35,40)/t22-,23-. The zero-order valence-corrected chi connectivity index (χ0v) is 21.8. The predicted molar refractivity (Wildman–Crippen MR) is 144 cm³/mol. The molecular weight excluding hydrogens is 521 g/mol. The second-order valence-corrected chi connectivity index (χ2v) is 9.76. The average Bonchev–Trinajstić information content (AvgIpc) is 3.40. The molecule has 5 rings (SSSR count). The Morgan fingerprint density at radius 2 is 1.75 bits per heavy atom. The molecule has 1 fully saturated rings. The van der Waals surface area contributed by atoms with Gasteiger partial charge in [-0.05, 0) is 43.4 Å². The van der Waals surface area contributed by atoms with Gasteiger partial charge in [0.2, 0.25) is 0 Å². The van der Waals surface area contributed by atoms with Crippen molar-refractivity contribution in [2.24, 2.45) is 7.05 Å². The summed E-state index contributed by atoms with van der Waals surface area (Å²) in [4.78, 5) is 28.2. The number of carbonyl (C=O) groups is 1. The van der Waals surface area contributed by atoms with Crippen LogP contribution >= 0.6 is 0 Å². The molecule has 1 aliphatic rings. The van der Waals surface area contributed by atoms with Gasteiger partial charge in [-0.3, -0.25) is 14.6 Å². The van der Waals surface area contributed by atoms with E-state index in [0.717, 1.165) is 23.4 Å². The number of benzene rings is 1. The van der Waals surface area contributed by atoms with Crippen LogP contribution in [-0.4, -0.2) is 42.8 Å². The van der Waals surface area contributed by atoms with Gasteiger partial charge in [-0.25, -0.2) is 14.8 Å². The summed E-state index contributed by atoms with van der Waals surface area (Å²) in [6.45, 7) is 0.369. The van der Waals surface area contributed by atoms with Gasteiger partial charge in [0, 0.05) is 43.6 Å². The molecule has 1 aliphatic carbocycles. The summed E-state index contributed by atoms with van der Waals surface area (Å²) in [5.41, 5.74) is 1.67. The molecule has 2 amide bonds. The first-order valence-corrected chi connectivity index (χ1v) is 13.0. The van der Waals surface area contributed by atoms with Gasteiger partial charge in [-0.1, -0.05) is 30.3 Å². The summed E-state index contributed by atoms with van der Waals surface area (Å²) in [5, 5.41) is 10.4. The van der Waals surface area contributed by atoms with E-state index in [9.17, 15) is 18.0 Å². The zero-order valence-electron chi connectivity index (χ0n) is 21.8. The minimum atomic E-state index is -4.42. The number of urea groups is 1. The lowest BCUT2D eigenvalue weighted by molar-refractivity contribution is -0.137. The molecule has 0 radical (unpaired) electrons. The highest BCUT2D eigenvalue weighted by Gasteiger charge is 2.32. The third-order valence-corrected chi connectivity index (χ3v) is 6.90. The number of rotatable bonds is 7. The van der Waals surface area contributed by atoms with Crippen LogP contribution in [0, 0.1) is 0 Å². The number of nitrogens with one attached hydrogen (secondary N) is 2. The van der Waals surface area contributed by atoms with Gasteiger partial charge in [0.1, 0.15) is 5.82 Å². The number of carbonyl (C=O) groups excluding carboxylic acids is 1. The van der Waals surface area contributed by atoms with Crippen molar-refractivity contribution < 1.29 is 18.0 Å². The summed E-state index contributed by atoms with van der Waals surface area (Å²) in [5.74, 6) is 0.838. The van der Waals surface area contributed by atoms with Gasteiger partial charge >= 0.3 is 12.2 Å². The number of aryl methyl sites for hydroxylation is 1. The summed E-state index contributed by atoms with van der Waals surface area (Å²) in [6, 6.07) is 11.6. The van der Waals surface area contributed by atoms with E-state index in [1.54, 1.807) is 28.2 Å². The smallest absolute Gasteiger partial charge is 0.367 e. The van der Waals surface area contributed by atoms with Crippen LogP contribution in [0.3, 0.4) is 0 Å². The number of hydrogen-bond donors (Lipinski definition) is 2. The van der Waals surface area contributed by atoms with Gasteiger partial charge < -0.3 is 10.6 Å². The Hall–Kier alpha value is -4.48. The molecular formula is C28H29F3N8O. The molecule has 1 aromatic carbocycles. The second-order valence-electron chi connectivity index (χ2n) is 9.76. The topological polar surface area (TPSA) is 101 Å². The first-order valence-electron chi connectivity index (χ1n) is 13.0. The molecule has 3 heterocycles. The largest absolute Gasteiger partial charge is 0.417 e. The Balaban J connectivity index is 1.28. The second kappa shape index (κ2) is 11.7. The molecule has 0 spiro atoms. The first-order chi connectivity index (χ1) is 19.3. The van der Waals surface area contributed by atoms with E-state index in [2.05, 4.69) is 30.7 Å². The highest BCUT2D eigenvalue weighted by atomic mass is 19.4. The molecule has 3 aromatic heterocycles. The Kier molecular flexibility index (Phi) is 7.94. The number of anilines is 2. The van der Waals surface area contributed by atoms with E-state index in [0.29, 0.717) is 49.6 Å². The number of alkyl halides is 3. The molecule has 0 saturated heterocycles. The molecule has 208 valence electrons. The maximum atomic E-state index is 13.5. The van der Waals surface area contributed by atoms with Crippen LogP contribution in [-0.2, 0) is 19.8 Å². The number of amides is 2. The minimum Gasteiger partial charge on any atom is -0.367 e. The first kappa shape index (κ1) is 27.1. The fourth-order valence-electron chi connectivity index (χ4n) is 4.80. The van der Waals surface area contributed by atoms with Crippen molar-refractivity contribution in [1.29, 1.82) is 0 Å². The summed E-state index contributed by atoms with van der Waals surface area (Å²) < 4.78 is 40.2. The van der Waals surface area contributed by atoms with Crippen molar-refractivity contribution in [3.05, 3.63) is 84.6 Å². The van der Waals surface area contributed by atoms with Crippen molar-refractivity contribution in [3.8, 4) is 11.3 Å². The number of aromatic nitrogens is 5. The molecule has 9 nitrogen and oxygen atoms in total. The van der Waals surface area contributed by atoms with Gasteiger partial charge in [0.25, 0.3) is 0 Å². The highest BCUT2D eigenvalue weighted by Crippen LogP contribution is 2.31. The molecule has 4 aromatic rings. The van der Waals surface area contributed by atoms with Crippen LogP contribution in [0.2, 0.25) is 0 Å². The average molecular weight is 551 g/mol. The van der Waals surface area contributed by atoms with Crippen molar-refractivity contribution in [1.82, 2.24) is 30.0 Å². The molecule has 0 bridgehead atoms. The molecule has 2 N–H and O–H groups in total. The van der Waals surface area contributed by atoms with Gasteiger partial charge in [-0.2, -0.15) is 18.3 Å². The van der Waals surface area contributed by atoms with E-state index in [1.165, 1.54) is 6.07 Å². The zero-order chi connectivity index (χ0) is 28.1. The number of nitrogens with zero attached hydrogens (tertiary/aromatic N) is 6. The number of halogens is 3. The third-order valence-electron chi connectivity index (χ3n) is 6.90. The lowest BCUT2D eigenvalue weighted by Gasteiger charge is -2.36. The fourth-order valence-corrected chi connectivity index (χ4v) is 4.80. The molecule has 0 aliphatic heterocycles. The van der Waals surface area contributed by atoms with E-state index >= 15 is 0 Å². The van der Waals surface area contributed by atoms with Crippen LogP contribution in [0.15, 0.2) is 73.4 Å². The van der Waals surface area contributed by atoms with E-state index in [1.807, 2.05) is 43.6 Å². The third kappa shape index (κ3) is 6.56. The van der Waals surface area contributed by atoms with Crippen molar-refractivity contribution in [2.75, 3.05) is 10.2 Å². The summed E-state index contributed by atoms with van der Waals surface area (Å²) in [7, 11) is 1.82. The number of pyridine rings is 1. The Labute approximate surface area is 229 Å². The van der Waals surface area contributed by atoms with Crippen LogP contribution in [0.4, 0.5) is 29.6 Å². The fraction of sp³-hybridized carbons (Fsp3) is 0.321. The molecule has 12 heteroatoms. The van der Waals surface area contributed by atoms with E-state index in [-0.39, 0.29) is 18.1 Å². The van der Waals surface area contributed by atoms with E-state index < -0.39 is 11.7 Å². The van der Waals surface area contributed by atoms with Gasteiger partial charge in [-0.15, -0.1) is 0 Å². The van der Waals surface area contributed by atoms with Crippen LogP contribution in [0.1, 0.15) is 36.8 Å².